The summed E-state index contributed by atoms with van der Waals surface area (Å²) in [6.07, 6.45) is 5.84. The highest BCUT2D eigenvalue weighted by molar-refractivity contribution is 5.77. The van der Waals surface area contributed by atoms with Crippen LogP contribution in [0.2, 0.25) is 0 Å². The fraction of sp³-hybridized carbons (Fsp3) is 0.533. The van der Waals surface area contributed by atoms with Gasteiger partial charge in [-0.05, 0) is 60.8 Å². The number of rotatable bonds is 17. The topological polar surface area (TPSA) is 76.7 Å². The average Bonchev–Trinajstić information content (AvgIpc) is 2.91. The Balaban J connectivity index is 1.52. The minimum Gasteiger partial charge on any atom is -0.483 e. The second kappa shape index (κ2) is 16.6. The summed E-state index contributed by atoms with van der Waals surface area (Å²) in [5.74, 6) is 2.16. The summed E-state index contributed by atoms with van der Waals surface area (Å²) in [5, 5.41) is 5.85. The maximum atomic E-state index is 12.1. The van der Waals surface area contributed by atoms with Crippen LogP contribution in [0.25, 0.3) is 0 Å². The second-order valence-electron chi connectivity index (χ2n) is 9.39. The van der Waals surface area contributed by atoms with Crippen LogP contribution in [0.5, 0.6) is 11.5 Å². The predicted octanol–water partition coefficient (Wildman–Crippen LogP) is 5.96. The Labute approximate surface area is 217 Å². The molecule has 36 heavy (non-hydrogen) atoms. The Bertz CT molecular complexity index is 855. The molecule has 0 radical (unpaired) electrons. The zero-order valence-corrected chi connectivity index (χ0v) is 22.5. The van der Waals surface area contributed by atoms with Crippen LogP contribution < -0.4 is 20.1 Å². The summed E-state index contributed by atoms with van der Waals surface area (Å²) in [7, 11) is 0. The summed E-state index contributed by atoms with van der Waals surface area (Å²) in [5.41, 5.74) is 2.28. The van der Waals surface area contributed by atoms with Gasteiger partial charge in [0.15, 0.2) is 13.2 Å². The molecule has 198 valence electrons. The van der Waals surface area contributed by atoms with Gasteiger partial charge in [0.05, 0.1) is 0 Å². The quantitative estimate of drug-likeness (QED) is 0.265. The molecule has 0 spiro atoms. The molecule has 0 aliphatic carbocycles. The minimum atomic E-state index is -0.101. The molecule has 0 heterocycles. The first-order valence-electron chi connectivity index (χ1n) is 13.4. The first kappa shape index (κ1) is 29.2. The maximum absolute atomic E-state index is 12.1. The molecular formula is C30H44N2O4. The Morgan fingerprint density at radius 3 is 1.44 bits per heavy atom. The number of unbranched alkanes of at least 4 members (excludes halogenated alkanes) is 3. The number of para-hydroxylation sites is 2. The molecule has 2 atom stereocenters. The number of amides is 2. The molecule has 0 saturated heterocycles. The molecule has 0 bridgehead atoms. The molecule has 2 aromatic carbocycles. The van der Waals surface area contributed by atoms with E-state index in [1.54, 1.807) is 0 Å². The average molecular weight is 497 g/mol. The van der Waals surface area contributed by atoms with Gasteiger partial charge in [-0.15, -0.1) is 0 Å². The van der Waals surface area contributed by atoms with Gasteiger partial charge in [-0.2, -0.15) is 0 Å². The van der Waals surface area contributed by atoms with Gasteiger partial charge in [-0.1, -0.05) is 76.9 Å². The third-order valence-electron chi connectivity index (χ3n) is 6.59. The van der Waals surface area contributed by atoms with Crippen molar-refractivity contribution in [3.05, 3.63) is 59.7 Å². The van der Waals surface area contributed by atoms with Crippen LogP contribution in [0.1, 0.15) is 89.2 Å². The van der Waals surface area contributed by atoms with Gasteiger partial charge in [-0.3, -0.25) is 9.59 Å². The van der Waals surface area contributed by atoms with Gasteiger partial charge in [0.2, 0.25) is 0 Å². The van der Waals surface area contributed by atoms with E-state index >= 15 is 0 Å². The Morgan fingerprint density at radius 1 is 0.667 bits per heavy atom. The number of hydrogen-bond acceptors (Lipinski definition) is 4. The highest BCUT2D eigenvalue weighted by atomic mass is 16.5. The SMILES string of the molecule is CC[C@@H](C)c1ccccc1OCC(=O)NCCCCCCNC(=O)COc1ccccc1[C@H](C)CC. The van der Waals surface area contributed by atoms with E-state index in [0.717, 1.165) is 61.2 Å². The van der Waals surface area contributed by atoms with Crippen molar-refractivity contribution in [3.63, 3.8) is 0 Å². The van der Waals surface area contributed by atoms with E-state index in [1.165, 1.54) is 0 Å². The third-order valence-corrected chi connectivity index (χ3v) is 6.59. The molecule has 0 unspecified atom stereocenters. The summed E-state index contributed by atoms with van der Waals surface area (Å²) in [6.45, 7) is 9.94. The fourth-order valence-electron chi connectivity index (χ4n) is 3.93. The molecule has 0 saturated carbocycles. The fourth-order valence-corrected chi connectivity index (χ4v) is 3.93. The molecule has 2 rings (SSSR count). The summed E-state index contributed by atoms with van der Waals surface area (Å²) in [4.78, 5) is 24.2. The Morgan fingerprint density at radius 2 is 1.06 bits per heavy atom. The van der Waals surface area contributed by atoms with Crippen molar-refractivity contribution in [2.75, 3.05) is 26.3 Å². The maximum Gasteiger partial charge on any atom is 0.257 e. The van der Waals surface area contributed by atoms with Crippen LogP contribution in [-0.4, -0.2) is 38.1 Å². The Kier molecular flexibility index (Phi) is 13.5. The van der Waals surface area contributed by atoms with Crippen LogP contribution in [0.4, 0.5) is 0 Å². The standard InChI is InChI=1S/C30H44N2O4/c1-5-23(3)25-15-9-11-17-27(25)35-21-29(33)31-19-13-7-8-14-20-32-30(34)22-36-28-18-12-10-16-26(28)24(4)6-2/h9-12,15-18,23-24H,5-8,13-14,19-22H2,1-4H3,(H,31,33)(H,32,34)/t23-,24-/m1/s1. The highest BCUT2D eigenvalue weighted by Gasteiger charge is 2.12. The van der Waals surface area contributed by atoms with Crippen molar-refractivity contribution in [2.45, 2.75) is 78.1 Å². The summed E-state index contributed by atoms with van der Waals surface area (Å²) in [6, 6.07) is 15.8. The van der Waals surface area contributed by atoms with Gasteiger partial charge >= 0.3 is 0 Å². The summed E-state index contributed by atoms with van der Waals surface area (Å²) < 4.78 is 11.5. The lowest BCUT2D eigenvalue weighted by atomic mass is 9.98. The van der Waals surface area contributed by atoms with Crippen molar-refractivity contribution in [1.82, 2.24) is 10.6 Å². The molecular weight excluding hydrogens is 452 g/mol. The molecule has 2 N–H and O–H groups in total. The van der Waals surface area contributed by atoms with Crippen molar-refractivity contribution >= 4 is 11.8 Å². The third kappa shape index (κ3) is 10.3. The van der Waals surface area contributed by atoms with Gasteiger partial charge in [0.25, 0.3) is 11.8 Å². The number of carbonyl (C=O) groups excluding carboxylic acids is 2. The molecule has 2 amide bonds. The van der Waals surface area contributed by atoms with E-state index in [-0.39, 0.29) is 25.0 Å². The van der Waals surface area contributed by atoms with E-state index in [4.69, 9.17) is 9.47 Å². The molecule has 2 aromatic rings. The van der Waals surface area contributed by atoms with Gasteiger partial charge in [0.1, 0.15) is 11.5 Å². The zero-order valence-electron chi connectivity index (χ0n) is 22.5. The number of hydrogen-bond donors (Lipinski definition) is 2. The van der Waals surface area contributed by atoms with Crippen LogP contribution >= 0.6 is 0 Å². The molecule has 0 aromatic heterocycles. The van der Waals surface area contributed by atoms with Crippen molar-refractivity contribution < 1.29 is 19.1 Å². The van der Waals surface area contributed by atoms with Crippen molar-refractivity contribution in [2.24, 2.45) is 0 Å². The summed E-state index contributed by atoms with van der Waals surface area (Å²) >= 11 is 0. The largest absolute Gasteiger partial charge is 0.483 e. The number of carbonyl (C=O) groups is 2. The predicted molar refractivity (Wildman–Crippen MR) is 146 cm³/mol. The number of ether oxygens (including phenoxy) is 2. The Hall–Kier alpha value is -3.02. The van der Waals surface area contributed by atoms with Gasteiger partial charge < -0.3 is 20.1 Å². The van der Waals surface area contributed by atoms with Crippen LogP contribution in [-0.2, 0) is 9.59 Å². The number of benzene rings is 2. The molecule has 0 aliphatic rings. The lowest BCUT2D eigenvalue weighted by Gasteiger charge is -2.15. The van der Waals surface area contributed by atoms with E-state index in [2.05, 4.69) is 50.5 Å². The monoisotopic (exact) mass is 496 g/mol. The highest BCUT2D eigenvalue weighted by Crippen LogP contribution is 2.29. The lowest BCUT2D eigenvalue weighted by Crippen LogP contribution is -2.30. The lowest BCUT2D eigenvalue weighted by molar-refractivity contribution is -0.123. The van der Waals surface area contributed by atoms with Crippen LogP contribution in [0, 0.1) is 0 Å². The van der Waals surface area contributed by atoms with E-state index in [0.29, 0.717) is 24.9 Å². The molecule has 0 fully saturated rings. The van der Waals surface area contributed by atoms with E-state index in [9.17, 15) is 9.59 Å². The number of nitrogens with one attached hydrogen (secondary N) is 2. The molecule has 0 aliphatic heterocycles. The second-order valence-corrected chi connectivity index (χ2v) is 9.39. The minimum absolute atomic E-state index is 0.0311. The van der Waals surface area contributed by atoms with Crippen molar-refractivity contribution in [1.29, 1.82) is 0 Å². The van der Waals surface area contributed by atoms with Crippen LogP contribution in [0.15, 0.2) is 48.5 Å². The van der Waals surface area contributed by atoms with Crippen molar-refractivity contribution in [3.8, 4) is 11.5 Å². The van der Waals surface area contributed by atoms with Gasteiger partial charge in [0, 0.05) is 13.1 Å². The van der Waals surface area contributed by atoms with Crippen LogP contribution in [0.3, 0.4) is 0 Å². The smallest absolute Gasteiger partial charge is 0.257 e. The molecule has 6 heteroatoms. The van der Waals surface area contributed by atoms with E-state index in [1.807, 2.05) is 36.4 Å². The first-order chi connectivity index (χ1) is 17.5. The molecule has 6 nitrogen and oxygen atoms in total. The van der Waals surface area contributed by atoms with Gasteiger partial charge in [-0.25, -0.2) is 0 Å². The first-order valence-corrected chi connectivity index (χ1v) is 13.4. The van der Waals surface area contributed by atoms with E-state index < -0.39 is 0 Å². The normalized spacial score (nSPS) is 12.4. The zero-order chi connectivity index (χ0) is 26.2.